The summed E-state index contributed by atoms with van der Waals surface area (Å²) in [4.78, 5) is 4.91. The lowest BCUT2D eigenvalue weighted by Gasteiger charge is -2.41. The van der Waals surface area contributed by atoms with Crippen molar-refractivity contribution < 1.29 is 0 Å². The predicted molar refractivity (Wildman–Crippen MR) is 83.0 cm³/mol. The molecule has 0 aromatic heterocycles. The first-order valence-corrected chi connectivity index (χ1v) is 7.29. The Hall–Kier alpha value is -1.06. The second-order valence-electron chi connectivity index (χ2n) is 5.98. The molecular weight excluding hydrogens is 234 g/mol. The Morgan fingerprint density at radius 1 is 1.32 bits per heavy atom. The van der Waals surface area contributed by atoms with Crippen LogP contribution in [0.15, 0.2) is 18.2 Å². The number of aryl methyl sites for hydroxylation is 1. The van der Waals surface area contributed by atoms with Crippen molar-refractivity contribution >= 4 is 5.69 Å². The van der Waals surface area contributed by atoms with Gasteiger partial charge >= 0.3 is 0 Å². The van der Waals surface area contributed by atoms with Gasteiger partial charge in [-0.2, -0.15) is 0 Å². The van der Waals surface area contributed by atoms with E-state index in [0.29, 0.717) is 12.0 Å². The largest absolute Gasteiger partial charge is 0.368 e. The summed E-state index contributed by atoms with van der Waals surface area (Å²) >= 11 is 0. The van der Waals surface area contributed by atoms with Gasteiger partial charge in [0.2, 0.25) is 0 Å². The molecule has 1 unspecified atom stereocenters. The Morgan fingerprint density at radius 3 is 2.68 bits per heavy atom. The number of hydrogen-bond donors (Lipinski definition) is 1. The van der Waals surface area contributed by atoms with Gasteiger partial charge in [-0.25, -0.2) is 0 Å². The molecule has 1 aromatic rings. The Balaban J connectivity index is 2.31. The van der Waals surface area contributed by atoms with Crippen molar-refractivity contribution in [1.29, 1.82) is 0 Å². The minimum absolute atomic E-state index is 0.466. The maximum Gasteiger partial charge on any atom is 0.0432 e. The van der Waals surface area contributed by atoms with E-state index in [1.54, 1.807) is 0 Å². The summed E-state index contributed by atoms with van der Waals surface area (Å²) < 4.78 is 0. The molecule has 0 radical (unpaired) electrons. The summed E-state index contributed by atoms with van der Waals surface area (Å²) in [6.45, 7) is 10.7. The third kappa shape index (κ3) is 2.93. The normalized spacial score (nSPS) is 21.2. The van der Waals surface area contributed by atoms with Crippen molar-refractivity contribution in [2.24, 2.45) is 5.73 Å². The fraction of sp³-hybridized carbons (Fsp3) is 0.625. The van der Waals surface area contributed by atoms with Gasteiger partial charge in [0, 0.05) is 37.9 Å². The topological polar surface area (TPSA) is 32.5 Å². The van der Waals surface area contributed by atoms with Gasteiger partial charge in [-0.1, -0.05) is 32.0 Å². The van der Waals surface area contributed by atoms with E-state index in [2.05, 4.69) is 55.8 Å². The lowest BCUT2D eigenvalue weighted by molar-refractivity contribution is 0.223. The second-order valence-corrected chi connectivity index (χ2v) is 5.98. The van der Waals surface area contributed by atoms with E-state index in [0.717, 1.165) is 26.2 Å². The molecule has 19 heavy (non-hydrogen) atoms. The highest BCUT2D eigenvalue weighted by Gasteiger charge is 2.25. The first-order valence-electron chi connectivity index (χ1n) is 7.29. The number of piperazine rings is 1. The van der Waals surface area contributed by atoms with E-state index in [1.807, 2.05) is 0 Å². The molecule has 1 atom stereocenters. The van der Waals surface area contributed by atoms with Crippen LogP contribution >= 0.6 is 0 Å². The predicted octanol–water partition coefficient (Wildman–Crippen LogP) is 2.20. The summed E-state index contributed by atoms with van der Waals surface area (Å²) in [5.41, 5.74) is 10.2. The molecule has 2 N–H and O–H groups in total. The number of rotatable bonds is 3. The molecule has 0 aliphatic carbocycles. The van der Waals surface area contributed by atoms with Crippen molar-refractivity contribution in [3.05, 3.63) is 29.3 Å². The number of nitrogens with two attached hydrogens (primary N) is 1. The minimum Gasteiger partial charge on any atom is -0.368 e. The van der Waals surface area contributed by atoms with Crippen LogP contribution in [0.3, 0.4) is 0 Å². The fourth-order valence-electron chi connectivity index (χ4n) is 2.98. The van der Waals surface area contributed by atoms with Gasteiger partial charge in [0.25, 0.3) is 0 Å². The van der Waals surface area contributed by atoms with Crippen LogP contribution in [0.2, 0.25) is 0 Å². The average Bonchev–Trinajstić information content (AvgIpc) is 2.39. The fourth-order valence-corrected chi connectivity index (χ4v) is 2.98. The van der Waals surface area contributed by atoms with E-state index >= 15 is 0 Å². The zero-order valence-electron chi connectivity index (χ0n) is 12.7. The van der Waals surface area contributed by atoms with Gasteiger partial charge < -0.3 is 10.6 Å². The van der Waals surface area contributed by atoms with Crippen molar-refractivity contribution in [3.63, 3.8) is 0 Å². The first-order chi connectivity index (χ1) is 9.04. The van der Waals surface area contributed by atoms with Gasteiger partial charge in [-0.05, 0) is 31.0 Å². The molecule has 0 spiro atoms. The number of benzene rings is 1. The van der Waals surface area contributed by atoms with Crippen molar-refractivity contribution in [3.8, 4) is 0 Å². The van der Waals surface area contributed by atoms with Crippen LogP contribution in [0.4, 0.5) is 5.69 Å². The van der Waals surface area contributed by atoms with E-state index in [1.165, 1.54) is 16.8 Å². The zero-order valence-corrected chi connectivity index (χ0v) is 12.7. The number of nitrogens with zero attached hydrogens (tertiary/aromatic N) is 2. The summed E-state index contributed by atoms with van der Waals surface area (Å²) in [6, 6.07) is 7.12. The van der Waals surface area contributed by atoms with Crippen molar-refractivity contribution in [2.75, 3.05) is 38.1 Å². The summed E-state index contributed by atoms with van der Waals surface area (Å²) in [7, 11) is 2.18. The zero-order chi connectivity index (χ0) is 14.0. The molecule has 2 rings (SSSR count). The molecule has 0 amide bonds. The van der Waals surface area contributed by atoms with Crippen LogP contribution in [-0.2, 0) is 0 Å². The Labute approximate surface area is 117 Å². The lowest BCUT2D eigenvalue weighted by Crippen LogP contribution is -2.54. The highest BCUT2D eigenvalue weighted by Crippen LogP contribution is 2.32. The van der Waals surface area contributed by atoms with E-state index in [-0.39, 0.29) is 0 Å². The minimum atomic E-state index is 0.466. The monoisotopic (exact) mass is 261 g/mol. The molecule has 1 fully saturated rings. The molecule has 1 saturated heterocycles. The summed E-state index contributed by atoms with van der Waals surface area (Å²) in [5, 5.41) is 0. The van der Waals surface area contributed by atoms with Crippen LogP contribution in [-0.4, -0.2) is 44.2 Å². The molecular formula is C16H27N3. The molecule has 1 aliphatic heterocycles. The highest BCUT2D eigenvalue weighted by molar-refractivity contribution is 5.61. The van der Waals surface area contributed by atoms with Crippen LogP contribution < -0.4 is 10.6 Å². The van der Waals surface area contributed by atoms with E-state index in [4.69, 9.17) is 5.73 Å². The van der Waals surface area contributed by atoms with Gasteiger partial charge in [-0.15, -0.1) is 0 Å². The number of anilines is 1. The molecule has 3 heteroatoms. The average molecular weight is 261 g/mol. The lowest BCUT2D eigenvalue weighted by atomic mass is 9.96. The summed E-state index contributed by atoms with van der Waals surface area (Å²) in [5.74, 6) is 0.561. The Morgan fingerprint density at radius 2 is 2.05 bits per heavy atom. The smallest absolute Gasteiger partial charge is 0.0432 e. The van der Waals surface area contributed by atoms with Crippen molar-refractivity contribution in [2.45, 2.75) is 32.7 Å². The van der Waals surface area contributed by atoms with Crippen molar-refractivity contribution in [1.82, 2.24) is 4.90 Å². The first kappa shape index (κ1) is 14.4. The van der Waals surface area contributed by atoms with Crippen LogP contribution in [0.1, 0.15) is 30.9 Å². The molecule has 106 valence electrons. The Kier molecular flexibility index (Phi) is 4.48. The molecule has 0 bridgehead atoms. The van der Waals surface area contributed by atoms with E-state index < -0.39 is 0 Å². The van der Waals surface area contributed by atoms with Gasteiger partial charge in [0.1, 0.15) is 0 Å². The number of para-hydroxylation sites is 1. The Bertz CT molecular complexity index is 428. The van der Waals surface area contributed by atoms with Gasteiger partial charge in [-0.3, -0.25) is 4.90 Å². The summed E-state index contributed by atoms with van der Waals surface area (Å²) in [6.07, 6.45) is 0. The second kappa shape index (κ2) is 5.93. The molecule has 1 aliphatic rings. The molecule has 1 heterocycles. The van der Waals surface area contributed by atoms with Crippen LogP contribution in [0.5, 0.6) is 0 Å². The highest BCUT2D eigenvalue weighted by atomic mass is 15.3. The number of hydrogen-bond acceptors (Lipinski definition) is 3. The number of likely N-dealkylation sites (N-methyl/N-ethyl adjacent to an activating group) is 1. The molecule has 3 nitrogen and oxygen atoms in total. The molecule has 0 saturated carbocycles. The molecule has 1 aromatic carbocycles. The van der Waals surface area contributed by atoms with Crippen LogP contribution in [0.25, 0.3) is 0 Å². The van der Waals surface area contributed by atoms with E-state index in [9.17, 15) is 0 Å². The van der Waals surface area contributed by atoms with Gasteiger partial charge in [0.05, 0.1) is 0 Å². The third-order valence-electron chi connectivity index (χ3n) is 4.26. The maximum atomic E-state index is 5.90. The van der Waals surface area contributed by atoms with Gasteiger partial charge in [0.15, 0.2) is 0 Å². The third-order valence-corrected chi connectivity index (χ3v) is 4.26. The SMILES string of the molecule is Cc1cccc(C(C)C)c1N1CCN(C)C(CN)C1. The van der Waals surface area contributed by atoms with Crippen LogP contribution in [0, 0.1) is 6.92 Å². The standard InChI is InChI=1S/C16H27N3/c1-12(2)15-7-5-6-13(3)16(15)19-9-8-18(4)14(10-17)11-19/h5-7,12,14H,8-11,17H2,1-4H3. The maximum absolute atomic E-state index is 5.90. The quantitative estimate of drug-likeness (QED) is 0.905.